The van der Waals surface area contributed by atoms with Crippen LogP contribution in [0, 0.1) is 6.92 Å². The van der Waals surface area contributed by atoms with Crippen LogP contribution in [0.5, 0.6) is 0 Å². The Kier molecular flexibility index (Phi) is 3.08. The van der Waals surface area contributed by atoms with Crippen LogP contribution >= 0.6 is 11.8 Å². The highest BCUT2D eigenvalue weighted by molar-refractivity contribution is 7.98. The van der Waals surface area contributed by atoms with Crippen molar-refractivity contribution in [3.8, 4) is 0 Å². The minimum atomic E-state index is 0.301. The fourth-order valence-electron chi connectivity index (χ4n) is 2.49. The van der Waals surface area contributed by atoms with Crippen molar-refractivity contribution in [2.45, 2.75) is 36.5 Å². The molecule has 1 nitrogen and oxygen atoms in total. The quantitative estimate of drug-likeness (QED) is 0.794. The average Bonchev–Trinajstić information content (AvgIpc) is 2.20. The molecule has 0 radical (unpaired) electrons. The zero-order valence-electron chi connectivity index (χ0n) is 9.55. The molecule has 1 aromatic carbocycles. The number of benzene rings is 1. The van der Waals surface area contributed by atoms with Crippen LogP contribution in [0.1, 0.15) is 30.4 Å². The summed E-state index contributed by atoms with van der Waals surface area (Å²) in [6.45, 7) is 3.00. The van der Waals surface area contributed by atoms with Crippen molar-refractivity contribution in [1.29, 1.82) is 0 Å². The molecule has 2 heteroatoms. The fraction of sp³-hybridized carbons (Fsp3) is 0.538. The highest BCUT2D eigenvalue weighted by Crippen LogP contribution is 2.44. The van der Waals surface area contributed by atoms with Crippen LogP contribution in [-0.4, -0.2) is 12.8 Å². The Morgan fingerprint density at radius 3 is 2.60 bits per heavy atom. The van der Waals surface area contributed by atoms with Crippen LogP contribution in [0.2, 0.25) is 0 Å². The number of aryl methyl sites for hydroxylation is 1. The second-order valence-electron chi connectivity index (χ2n) is 4.52. The first kappa shape index (κ1) is 11.0. The zero-order valence-corrected chi connectivity index (χ0v) is 10.4. The molecule has 0 amide bonds. The first-order valence-corrected chi connectivity index (χ1v) is 6.79. The zero-order chi connectivity index (χ0) is 10.9. The van der Waals surface area contributed by atoms with Gasteiger partial charge in [-0.25, -0.2) is 0 Å². The van der Waals surface area contributed by atoms with Gasteiger partial charge in [-0.2, -0.15) is 0 Å². The van der Waals surface area contributed by atoms with Gasteiger partial charge in [0.15, 0.2) is 0 Å². The summed E-state index contributed by atoms with van der Waals surface area (Å²) in [5.41, 5.74) is 9.15. The third kappa shape index (κ3) is 1.81. The van der Waals surface area contributed by atoms with E-state index in [2.05, 4.69) is 31.4 Å². The van der Waals surface area contributed by atoms with Crippen LogP contribution in [0.3, 0.4) is 0 Å². The van der Waals surface area contributed by atoms with Crippen molar-refractivity contribution in [3.63, 3.8) is 0 Å². The minimum absolute atomic E-state index is 0.301. The van der Waals surface area contributed by atoms with Gasteiger partial charge >= 0.3 is 0 Å². The molecule has 82 valence electrons. The molecule has 1 aliphatic rings. The molecule has 1 fully saturated rings. The molecular weight excluding hydrogens is 202 g/mol. The van der Waals surface area contributed by atoms with Crippen molar-refractivity contribution in [2.75, 3.05) is 12.8 Å². The molecule has 0 saturated heterocycles. The number of hydrogen-bond donors (Lipinski definition) is 1. The normalized spacial score (nSPS) is 18.6. The number of hydrogen-bond acceptors (Lipinski definition) is 2. The van der Waals surface area contributed by atoms with Crippen molar-refractivity contribution in [2.24, 2.45) is 5.73 Å². The summed E-state index contributed by atoms with van der Waals surface area (Å²) in [4.78, 5) is 1.36. The van der Waals surface area contributed by atoms with Crippen molar-refractivity contribution < 1.29 is 0 Å². The lowest BCUT2D eigenvalue weighted by molar-refractivity contribution is 0.251. The van der Waals surface area contributed by atoms with Gasteiger partial charge in [0.2, 0.25) is 0 Å². The summed E-state index contributed by atoms with van der Waals surface area (Å²) in [5, 5.41) is 0. The smallest absolute Gasteiger partial charge is 0.00786 e. The van der Waals surface area contributed by atoms with Gasteiger partial charge in [-0.05, 0) is 49.3 Å². The first-order valence-electron chi connectivity index (χ1n) is 5.57. The highest BCUT2D eigenvalue weighted by Gasteiger charge is 2.38. The van der Waals surface area contributed by atoms with Crippen LogP contribution in [0.15, 0.2) is 23.1 Å². The van der Waals surface area contributed by atoms with E-state index >= 15 is 0 Å². The van der Waals surface area contributed by atoms with E-state index in [1.807, 2.05) is 11.8 Å². The summed E-state index contributed by atoms with van der Waals surface area (Å²) >= 11 is 1.81. The molecule has 0 bridgehead atoms. The maximum absolute atomic E-state index is 5.95. The van der Waals surface area contributed by atoms with Crippen LogP contribution in [0.25, 0.3) is 0 Å². The summed E-state index contributed by atoms with van der Waals surface area (Å²) in [5.74, 6) is 0. The molecule has 2 N–H and O–H groups in total. The van der Waals surface area contributed by atoms with E-state index in [-0.39, 0.29) is 0 Å². The molecule has 0 spiro atoms. The average molecular weight is 221 g/mol. The van der Waals surface area contributed by atoms with Gasteiger partial charge in [-0.1, -0.05) is 12.5 Å². The Morgan fingerprint density at radius 2 is 2.13 bits per heavy atom. The van der Waals surface area contributed by atoms with Gasteiger partial charge in [0, 0.05) is 16.9 Å². The van der Waals surface area contributed by atoms with E-state index < -0.39 is 0 Å². The van der Waals surface area contributed by atoms with Crippen molar-refractivity contribution in [3.05, 3.63) is 29.3 Å². The summed E-state index contributed by atoms with van der Waals surface area (Å²) in [7, 11) is 0. The molecule has 15 heavy (non-hydrogen) atoms. The summed E-state index contributed by atoms with van der Waals surface area (Å²) in [6, 6.07) is 6.77. The Labute approximate surface area is 96.4 Å². The molecule has 1 saturated carbocycles. The molecule has 0 heterocycles. The Hall–Kier alpha value is -0.470. The van der Waals surface area contributed by atoms with E-state index in [0.29, 0.717) is 5.41 Å². The Balaban J connectivity index is 2.41. The molecule has 0 atom stereocenters. The third-order valence-corrected chi connectivity index (χ3v) is 4.44. The lowest BCUT2D eigenvalue weighted by Gasteiger charge is -2.42. The predicted octanol–water partition coefficient (Wildman–Crippen LogP) is 3.10. The van der Waals surface area contributed by atoms with Crippen LogP contribution < -0.4 is 5.73 Å². The fourth-order valence-corrected chi connectivity index (χ4v) is 2.93. The second kappa shape index (κ2) is 4.18. The van der Waals surface area contributed by atoms with Gasteiger partial charge in [-0.3, -0.25) is 0 Å². The maximum Gasteiger partial charge on any atom is 0.00786 e. The number of thioether (sulfide) groups is 1. The van der Waals surface area contributed by atoms with Gasteiger partial charge in [0.05, 0.1) is 0 Å². The van der Waals surface area contributed by atoms with Crippen LogP contribution in [-0.2, 0) is 5.41 Å². The lowest BCUT2D eigenvalue weighted by atomic mass is 9.63. The van der Waals surface area contributed by atoms with Gasteiger partial charge < -0.3 is 5.73 Å². The molecule has 0 unspecified atom stereocenters. The van der Waals surface area contributed by atoms with E-state index in [1.54, 1.807) is 0 Å². The van der Waals surface area contributed by atoms with E-state index in [4.69, 9.17) is 5.73 Å². The number of nitrogens with two attached hydrogens (primary N) is 1. The topological polar surface area (TPSA) is 26.0 Å². The van der Waals surface area contributed by atoms with E-state index in [1.165, 1.54) is 35.3 Å². The van der Waals surface area contributed by atoms with Crippen LogP contribution in [0.4, 0.5) is 0 Å². The number of rotatable bonds is 3. The minimum Gasteiger partial charge on any atom is -0.330 e. The van der Waals surface area contributed by atoms with E-state index in [0.717, 1.165) is 6.54 Å². The highest BCUT2D eigenvalue weighted by atomic mass is 32.2. The second-order valence-corrected chi connectivity index (χ2v) is 5.40. The standard InChI is InChI=1S/C13H19NS/c1-10-4-5-11(15-2)8-12(10)13(9-14)6-3-7-13/h4-5,8H,3,6-7,9,14H2,1-2H3. The first-order chi connectivity index (χ1) is 7.22. The van der Waals surface area contributed by atoms with Gasteiger partial charge in [-0.15, -0.1) is 11.8 Å². The largest absolute Gasteiger partial charge is 0.330 e. The monoisotopic (exact) mass is 221 g/mol. The van der Waals surface area contributed by atoms with E-state index in [9.17, 15) is 0 Å². The predicted molar refractivity (Wildman–Crippen MR) is 67.5 cm³/mol. The molecular formula is C13H19NS. The molecule has 0 aromatic heterocycles. The molecule has 1 aliphatic carbocycles. The summed E-state index contributed by atoms with van der Waals surface area (Å²) < 4.78 is 0. The Morgan fingerprint density at radius 1 is 1.40 bits per heavy atom. The van der Waals surface area contributed by atoms with Gasteiger partial charge in [0.25, 0.3) is 0 Å². The third-order valence-electron chi connectivity index (χ3n) is 3.72. The molecule has 1 aromatic rings. The lowest BCUT2D eigenvalue weighted by Crippen LogP contribution is -2.42. The summed E-state index contributed by atoms with van der Waals surface area (Å²) in [6.07, 6.45) is 5.99. The SMILES string of the molecule is CSc1ccc(C)c(C2(CN)CCC2)c1. The van der Waals surface area contributed by atoms with Crippen molar-refractivity contribution >= 4 is 11.8 Å². The maximum atomic E-state index is 5.95. The molecule has 2 rings (SSSR count). The van der Waals surface area contributed by atoms with Gasteiger partial charge in [0.1, 0.15) is 0 Å². The Bertz CT molecular complexity index is 350. The van der Waals surface area contributed by atoms with Crippen molar-refractivity contribution in [1.82, 2.24) is 0 Å². The molecule has 0 aliphatic heterocycles.